The van der Waals surface area contributed by atoms with Crippen LogP contribution in [-0.2, 0) is 16.4 Å². The second kappa shape index (κ2) is 7.27. The average molecular weight is 359 g/mol. The first-order chi connectivity index (χ1) is 11.9. The second-order valence-electron chi connectivity index (χ2n) is 6.28. The number of nitrogens with zero attached hydrogens (tertiary/aromatic N) is 1. The maximum atomic E-state index is 12.6. The Morgan fingerprint density at radius 3 is 2.60 bits per heavy atom. The molecule has 1 heterocycles. The maximum absolute atomic E-state index is 12.6. The molecule has 0 unspecified atom stereocenters. The van der Waals surface area contributed by atoms with Gasteiger partial charge >= 0.3 is 0 Å². The number of carbonyl (C=O) groups excluding carboxylic acids is 1. The van der Waals surface area contributed by atoms with Crippen LogP contribution in [0.15, 0.2) is 54.6 Å². The summed E-state index contributed by atoms with van der Waals surface area (Å²) in [5, 5.41) is 0. The van der Waals surface area contributed by atoms with Gasteiger partial charge in [-0.2, -0.15) is 0 Å². The van der Waals surface area contributed by atoms with E-state index in [-0.39, 0.29) is 23.5 Å². The van der Waals surface area contributed by atoms with Crippen LogP contribution in [0.3, 0.4) is 0 Å². The molecule has 0 aromatic heterocycles. The molecule has 1 fully saturated rings. The van der Waals surface area contributed by atoms with Crippen LogP contribution in [0.2, 0.25) is 0 Å². The molecule has 0 saturated carbocycles. The van der Waals surface area contributed by atoms with Gasteiger partial charge in [-0.3, -0.25) is 4.79 Å². The lowest BCUT2D eigenvalue weighted by Crippen LogP contribution is -2.37. The molecule has 1 atom stereocenters. The zero-order valence-electron chi connectivity index (χ0n) is 14.1. The molecular formula is C19H21NO4S. The van der Waals surface area contributed by atoms with E-state index in [4.69, 9.17) is 4.74 Å². The summed E-state index contributed by atoms with van der Waals surface area (Å²) in [5.74, 6) is 0.615. The lowest BCUT2D eigenvalue weighted by Gasteiger charge is -2.23. The third-order valence-electron chi connectivity index (χ3n) is 4.41. The summed E-state index contributed by atoms with van der Waals surface area (Å²) < 4.78 is 29.0. The molecule has 1 saturated heterocycles. The Balaban J connectivity index is 1.67. The topological polar surface area (TPSA) is 63.7 Å². The highest BCUT2D eigenvalue weighted by atomic mass is 32.2. The number of rotatable bonds is 5. The van der Waals surface area contributed by atoms with Crippen molar-refractivity contribution in [2.45, 2.75) is 19.1 Å². The number of hydrogen-bond acceptors (Lipinski definition) is 4. The summed E-state index contributed by atoms with van der Waals surface area (Å²) in [7, 11) is -1.36. The van der Waals surface area contributed by atoms with Crippen molar-refractivity contribution in [2.75, 3.05) is 18.6 Å². The van der Waals surface area contributed by atoms with Crippen molar-refractivity contribution in [1.29, 1.82) is 0 Å². The van der Waals surface area contributed by atoms with E-state index in [2.05, 4.69) is 0 Å². The molecule has 0 spiro atoms. The fourth-order valence-corrected chi connectivity index (χ4v) is 4.68. The van der Waals surface area contributed by atoms with E-state index in [1.54, 1.807) is 31.3 Å². The van der Waals surface area contributed by atoms with Crippen LogP contribution in [-0.4, -0.2) is 43.8 Å². The standard InChI is InChI=1S/C19H21NO4S/c1-20(17-10-11-25(22,23)14-17)19(21)16-8-5-9-18(12-16)24-13-15-6-3-2-4-7-15/h2-9,12,17H,10-11,13-14H2,1H3/t17-/m1/s1. The summed E-state index contributed by atoms with van der Waals surface area (Å²) in [6.45, 7) is 0.426. The van der Waals surface area contributed by atoms with Crippen LogP contribution >= 0.6 is 0 Å². The lowest BCUT2D eigenvalue weighted by molar-refractivity contribution is 0.0747. The molecule has 3 rings (SSSR count). The Labute approximate surface area is 148 Å². The van der Waals surface area contributed by atoms with Gasteiger partial charge in [-0.25, -0.2) is 8.42 Å². The zero-order valence-corrected chi connectivity index (χ0v) is 14.9. The smallest absolute Gasteiger partial charge is 0.254 e. The van der Waals surface area contributed by atoms with E-state index in [9.17, 15) is 13.2 Å². The number of ether oxygens (including phenoxy) is 1. The molecule has 2 aromatic rings. The molecule has 0 aliphatic carbocycles. The van der Waals surface area contributed by atoms with Crippen molar-refractivity contribution in [3.8, 4) is 5.75 Å². The quantitative estimate of drug-likeness (QED) is 0.823. The van der Waals surface area contributed by atoms with Gasteiger partial charge in [-0.05, 0) is 30.2 Å². The van der Waals surface area contributed by atoms with Crippen LogP contribution in [0.4, 0.5) is 0 Å². The zero-order chi connectivity index (χ0) is 17.9. The van der Waals surface area contributed by atoms with Gasteiger partial charge in [0.05, 0.1) is 11.5 Å². The number of hydrogen-bond donors (Lipinski definition) is 0. The van der Waals surface area contributed by atoms with E-state index < -0.39 is 9.84 Å². The summed E-state index contributed by atoms with van der Waals surface area (Å²) in [4.78, 5) is 14.2. The minimum absolute atomic E-state index is 0.0411. The first-order valence-electron chi connectivity index (χ1n) is 8.19. The Morgan fingerprint density at radius 1 is 1.16 bits per heavy atom. The van der Waals surface area contributed by atoms with Crippen molar-refractivity contribution >= 4 is 15.7 Å². The summed E-state index contributed by atoms with van der Waals surface area (Å²) >= 11 is 0. The highest BCUT2D eigenvalue weighted by molar-refractivity contribution is 7.91. The van der Waals surface area contributed by atoms with Gasteiger partial charge in [0.25, 0.3) is 5.91 Å². The largest absolute Gasteiger partial charge is 0.489 e. The first-order valence-corrected chi connectivity index (χ1v) is 10.0. The predicted octanol–water partition coefficient (Wildman–Crippen LogP) is 2.52. The van der Waals surface area contributed by atoms with Crippen LogP contribution in [0.25, 0.3) is 0 Å². The Morgan fingerprint density at radius 2 is 1.92 bits per heavy atom. The minimum atomic E-state index is -3.02. The number of amides is 1. The normalized spacial score (nSPS) is 18.7. The van der Waals surface area contributed by atoms with Crippen molar-refractivity contribution in [3.63, 3.8) is 0 Å². The fraction of sp³-hybridized carbons (Fsp3) is 0.316. The Kier molecular flexibility index (Phi) is 5.08. The molecule has 2 aromatic carbocycles. The summed E-state index contributed by atoms with van der Waals surface area (Å²) in [6, 6.07) is 16.5. The third kappa shape index (κ3) is 4.39. The Hall–Kier alpha value is -2.34. The van der Waals surface area contributed by atoms with Crippen molar-refractivity contribution in [3.05, 3.63) is 65.7 Å². The molecular weight excluding hydrogens is 338 g/mol. The van der Waals surface area contributed by atoms with Gasteiger partial charge in [0.1, 0.15) is 12.4 Å². The Bertz CT molecular complexity index is 849. The van der Waals surface area contributed by atoms with Gasteiger partial charge in [-0.15, -0.1) is 0 Å². The molecule has 6 heteroatoms. The average Bonchev–Trinajstić information content (AvgIpc) is 3.00. The van der Waals surface area contributed by atoms with Crippen LogP contribution in [0.5, 0.6) is 5.75 Å². The van der Waals surface area contributed by atoms with E-state index in [1.165, 1.54) is 4.90 Å². The number of benzene rings is 2. The van der Waals surface area contributed by atoms with E-state index in [1.807, 2.05) is 30.3 Å². The van der Waals surface area contributed by atoms with E-state index in [0.29, 0.717) is 24.3 Å². The number of carbonyl (C=O) groups is 1. The molecule has 25 heavy (non-hydrogen) atoms. The second-order valence-corrected chi connectivity index (χ2v) is 8.50. The van der Waals surface area contributed by atoms with Gasteiger partial charge < -0.3 is 9.64 Å². The summed E-state index contributed by atoms with van der Waals surface area (Å²) in [5.41, 5.74) is 1.55. The molecule has 0 N–H and O–H groups in total. The summed E-state index contributed by atoms with van der Waals surface area (Å²) in [6.07, 6.45) is 0.495. The lowest BCUT2D eigenvalue weighted by atomic mass is 10.1. The van der Waals surface area contributed by atoms with E-state index >= 15 is 0 Å². The van der Waals surface area contributed by atoms with Gasteiger partial charge in [0.2, 0.25) is 0 Å². The third-order valence-corrected chi connectivity index (χ3v) is 6.16. The fourth-order valence-electron chi connectivity index (χ4n) is 2.91. The maximum Gasteiger partial charge on any atom is 0.254 e. The van der Waals surface area contributed by atoms with E-state index in [0.717, 1.165) is 5.56 Å². The van der Waals surface area contributed by atoms with Crippen LogP contribution in [0.1, 0.15) is 22.3 Å². The molecule has 5 nitrogen and oxygen atoms in total. The van der Waals surface area contributed by atoms with Gasteiger partial charge in [0.15, 0.2) is 9.84 Å². The van der Waals surface area contributed by atoms with Gasteiger partial charge in [-0.1, -0.05) is 36.4 Å². The van der Waals surface area contributed by atoms with Crippen molar-refractivity contribution < 1.29 is 17.9 Å². The highest BCUT2D eigenvalue weighted by Crippen LogP contribution is 2.21. The molecule has 1 amide bonds. The molecule has 0 radical (unpaired) electrons. The SMILES string of the molecule is CN(C(=O)c1cccc(OCc2ccccc2)c1)[C@@H]1CCS(=O)(=O)C1. The van der Waals surface area contributed by atoms with Crippen LogP contribution < -0.4 is 4.74 Å². The predicted molar refractivity (Wildman–Crippen MR) is 96.4 cm³/mol. The molecule has 1 aliphatic rings. The van der Waals surface area contributed by atoms with Gasteiger partial charge in [0, 0.05) is 18.7 Å². The van der Waals surface area contributed by atoms with Crippen molar-refractivity contribution in [1.82, 2.24) is 4.90 Å². The molecule has 1 aliphatic heterocycles. The number of sulfone groups is 1. The van der Waals surface area contributed by atoms with Crippen molar-refractivity contribution in [2.24, 2.45) is 0 Å². The molecule has 0 bridgehead atoms. The van der Waals surface area contributed by atoms with Crippen LogP contribution in [0, 0.1) is 0 Å². The first kappa shape index (κ1) is 17.5. The highest BCUT2D eigenvalue weighted by Gasteiger charge is 2.33. The monoisotopic (exact) mass is 359 g/mol. The minimum Gasteiger partial charge on any atom is -0.489 e. The molecule has 132 valence electrons.